The highest BCUT2D eigenvalue weighted by molar-refractivity contribution is 7.89. The van der Waals surface area contributed by atoms with Crippen LogP contribution >= 0.6 is 0 Å². The molecule has 0 saturated carbocycles. The maximum atomic E-state index is 13.5. The van der Waals surface area contributed by atoms with E-state index < -0.39 is 16.2 Å². The van der Waals surface area contributed by atoms with E-state index in [1.165, 1.54) is 4.31 Å². The van der Waals surface area contributed by atoms with Crippen LogP contribution in [0.5, 0.6) is 0 Å². The van der Waals surface area contributed by atoms with Crippen molar-refractivity contribution in [3.63, 3.8) is 0 Å². The lowest BCUT2D eigenvalue weighted by Gasteiger charge is -2.36. The van der Waals surface area contributed by atoms with Gasteiger partial charge >= 0.3 is 0 Å². The van der Waals surface area contributed by atoms with Gasteiger partial charge in [0.25, 0.3) is 0 Å². The number of sulfonamides is 1. The first-order valence-corrected chi connectivity index (χ1v) is 11.3. The fourth-order valence-electron chi connectivity index (χ4n) is 4.64. The predicted octanol–water partition coefficient (Wildman–Crippen LogP) is 2.85. The highest BCUT2D eigenvalue weighted by Gasteiger charge is 2.54. The van der Waals surface area contributed by atoms with E-state index in [1.54, 1.807) is 17.1 Å². The molecule has 0 spiro atoms. The van der Waals surface area contributed by atoms with Crippen LogP contribution in [0.3, 0.4) is 0 Å². The Hall–Kier alpha value is -2.48. The van der Waals surface area contributed by atoms with E-state index in [0.29, 0.717) is 25.9 Å². The third kappa shape index (κ3) is 2.84. The molecule has 29 heavy (non-hydrogen) atoms. The molecule has 7 heteroatoms. The lowest BCUT2D eigenvalue weighted by molar-refractivity contribution is -0.141. The number of hydrogen-bond acceptors (Lipinski definition) is 4. The molecular formula is C22H23N3O3S. The van der Waals surface area contributed by atoms with Crippen molar-refractivity contribution in [3.8, 4) is 0 Å². The van der Waals surface area contributed by atoms with Crippen molar-refractivity contribution in [1.29, 1.82) is 0 Å². The van der Waals surface area contributed by atoms with Gasteiger partial charge in [-0.2, -0.15) is 4.31 Å². The number of benzene rings is 2. The Balaban J connectivity index is 1.60. The van der Waals surface area contributed by atoms with E-state index in [0.717, 1.165) is 16.7 Å². The van der Waals surface area contributed by atoms with Gasteiger partial charge in [0.05, 0.1) is 10.9 Å². The van der Waals surface area contributed by atoms with Crippen LogP contribution in [0.2, 0.25) is 0 Å². The quantitative estimate of drug-likeness (QED) is 0.732. The Labute approximate surface area is 171 Å². The summed E-state index contributed by atoms with van der Waals surface area (Å²) < 4.78 is 28.5. The normalized spacial score (nSPS) is 25.1. The molecule has 150 valence electrons. The molecule has 3 heterocycles. The van der Waals surface area contributed by atoms with Gasteiger partial charge < -0.3 is 0 Å². The molecule has 0 aliphatic carbocycles. The Morgan fingerprint density at radius 3 is 2.41 bits per heavy atom. The first kappa shape index (κ1) is 18.5. The molecule has 3 aliphatic heterocycles. The molecule has 6 nitrogen and oxygen atoms in total. The number of hydrogen-bond donors (Lipinski definition) is 0. The zero-order valence-electron chi connectivity index (χ0n) is 16.2. The topological polar surface area (TPSA) is 60.9 Å². The lowest BCUT2D eigenvalue weighted by Crippen LogP contribution is -2.52. The van der Waals surface area contributed by atoms with Crippen LogP contribution in [0, 0.1) is 6.92 Å². The third-order valence-corrected chi connectivity index (χ3v) is 7.84. The first-order chi connectivity index (χ1) is 14.0. The van der Waals surface area contributed by atoms with Gasteiger partial charge in [-0.3, -0.25) is 9.80 Å². The second-order valence-corrected chi connectivity index (χ2v) is 9.65. The summed E-state index contributed by atoms with van der Waals surface area (Å²) in [6, 6.07) is 16.8. The Bertz CT molecular complexity index is 1080. The fraction of sp³-hybridized carbons (Fsp3) is 0.318. The number of aryl methyl sites for hydroxylation is 1. The van der Waals surface area contributed by atoms with Gasteiger partial charge in [-0.15, -0.1) is 0 Å². The number of amides is 1. The molecule has 2 atom stereocenters. The van der Waals surface area contributed by atoms with Gasteiger partial charge in [-0.1, -0.05) is 54.1 Å². The van der Waals surface area contributed by atoms with E-state index in [1.807, 2.05) is 54.4 Å². The number of nitrogens with zero attached hydrogens (tertiary/aromatic N) is 3. The summed E-state index contributed by atoms with van der Waals surface area (Å²) >= 11 is 0. The Morgan fingerprint density at radius 1 is 0.966 bits per heavy atom. The largest absolute Gasteiger partial charge is 0.273 e. The minimum Gasteiger partial charge on any atom is -0.273 e. The molecular weight excluding hydrogens is 386 g/mol. The molecule has 0 N–H and O–H groups in total. The van der Waals surface area contributed by atoms with Crippen LogP contribution < -0.4 is 0 Å². The van der Waals surface area contributed by atoms with Crippen molar-refractivity contribution < 1.29 is 13.2 Å². The third-order valence-electron chi connectivity index (χ3n) is 5.98. The lowest BCUT2D eigenvalue weighted by atomic mass is 9.95. The fourth-order valence-corrected chi connectivity index (χ4v) is 6.21. The van der Waals surface area contributed by atoms with Crippen LogP contribution in [0.15, 0.2) is 71.1 Å². The molecule has 0 radical (unpaired) electrons. The van der Waals surface area contributed by atoms with Crippen LogP contribution in [0.1, 0.15) is 30.0 Å². The van der Waals surface area contributed by atoms with Gasteiger partial charge in [-0.25, -0.2) is 13.4 Å². The van der Waals surface area contributed by atoms with Gasteiger partial charge in [0.15, 0.2) is 0 Å². The molecule has 2 aromatic rings. The van der Waals surface area contributed by atoms with Crippen LogP contribution in [0.4, 0.5) is 0 Å². The van der Waals surface area contributed by atoms with Gasteiger partial charge in [0.2, 0.25) is 15.9 Å². The van der Waals surface area contributed by atoms with Crippen molar-refractivity contribution in [2.75, 3.05) is 13.1 Å². The second-order valence-electron chi connectivity index (χ2n) is 7.76. The second kappa shape index (κ2) is 6.79. The molecule has 2 saturated heterocycles. The SMILES string of the molecule is Cc1ccc(S(=O)(=O)N2CCC=C3[C@@H]2N2C(=O)CCN2[C@@H]3c2ccccc2)cc1. The summed E-state index contributed by atoms with van der Waals surface area (Å²) in [4.78, 5) is 13.0. The van der Waals surface area contributed by atoms with Gasteiger partial charge in [0, 0.05) is 19.5 Å². The number of carbonyl (C=O) groups excluding carboxylic acids is 1. The maximum absolute atomic E-state index is 13.5. The van der Waals surface area contributed by atoms with Crippen LogP contribution in [-0.2, 0) is 14.8 Å². The molecule has 0 bridgehead atoms. The minimum absolute atomic E-state index is 0.0228. The summed E-state index contributed by atoms with van der Waals surface area (Å²) in [6.07, 6.45) is 2.58. The summed E-state index contributed by atoms with van der Waals surface area (Å²) in [5.41, 5.74) is 3.07. The average Bonchev–Trinajstić information content (AvgIpc) is 3.26. The van der Waals surface area contributed by atoms with Gasteiger partial charge in [0.1, 0.15) is 6.17 Å². The number of carbonyl (C=O) groups is 1. The summed E-state index contributed by atoms with van der Waals surface area (Å²) in [5.74, 6) is -0.0228. The van der Waals surface area contributed by atoms with E-state index in [9.17, 15) is 13.2 Å². The highest BCUT2D eigenvalue weighted by Crippen LogP contribution is 2.47. The smallest absolute Gasteiger partial charge is 0.245 e. The monoisotopic (exact) mass is 409 g/mol. The van der Waals surface area contributed by atoms with Crippen LogP contribution in [-0.4, -0.2) is 47.9 Å². The van der Waals surface area contributed by atoms with E-state index >= 15 is 0 Å². The predicted molar refractivity (Wildman–Crippen MR) is 109 cm³/mol. The summed E-state index contributed by atoms with van der Waals surface area (Å²) in [7, 11) is -3.73. The van der Waals surface area contributed by atoms with Crippen LogP contribution in [0.25, 0.3) is 0 Å². The van der Waals surface area contributed by atoms with Crippen molar-refractivity contribution in [2.24, 2.45) is 0 Å². The molecule has 2 fully saturated rings. The van der Waals surface area contributed by atoms with Crippen molar-refractivity contribution in [1.82, 2.24) is 14.3 Å². The number of rotatable bonds is 3. The average molecular weight is 410 g/mol. The molecule has 3 aliphatic rings. The van der Waals surface area contributed by atoms with Crippen molar-refractivity contribution in [2.45, 2.75) is 36.9 Å². The standard InChI is InChI=1S/C22H23N3O3S/c1-16-9-11-18(12-10-16)29(27,28)24-14-5-8-19-21(17-6-3-2-4-7-17)23-15-13-20(26)25(23)22(19)24/h2-4,6-12,21-22H,5,13-15H2,1H3/t21-,22+/m1/s1. The maximum Gasteiger partial charge on any atom is 0.245 e. The summed E-state index contributed by atoms with van der Waals surface area (Å²) in [6.45, 7) is 2.90. The number of hydrazine groups is 1. The summed E-state index contributed by atoms with van der Waals surface area (Å²) in [5, 5.41) is 3.71. The van der Waals surface area contributed by atoms with E-state index in [2.05, 4.69) is 6.08 Å². The van der Waals surface area contributed by atoms with Gasteiger partial charge in [-0.05, 0) is 36.6 Å². The molecule has 0 aromatic heterocycles. The zero-order chi connectivity index (χ0) is 20.2. The van der Waals surface area contributed by atoms with E-state index in [-0.39, 0.29) is 16.8 Å². The Morgan fingerprint density at radius 2 is 1.69 bits per heavy atom. The van der Waals surface area contributed by atoms with E-state index in [4.69, 9.17) is 0 Å². The highest BCUT2D eigenvalue weighted by atomic mass is 32.2. The molecule has 1 amide bonds. The van der Waals surface area contributed by atoms with Crippen molar-refractivity contribution in [3.05, 3.63) is 77.4 Å². The first-order valence-electron chi connectivity index (χ1n) is 9.90. The zero-order valence-corrected chi connectivity index (χ0v) is 17.0. The van der Waals surface area contributed by atoms with Crippen molar-refractivity contribution >= 4 is 15.9 Å². The number of fused-ring (bicyclic) bond motifs is 3. The molecule has 2 aromatic carbocycles. The minimum atomic E-state index is -3.73. The Kier molecular flexibility index (Phi) is 4.34. The molecule has 0 unspecified atom stereocenters. The molecule has 5 rings (SSSR count).